The molecule has 2 aliphatic heterocycles. The van der Waals surface area contributed by atoms with Crippen molar-refractivity contribution < 1.29 is 28.7 Å². The lowest BCUT2D eigenvalue weighted by Crippen LogP contribution is -2.58. The van der Waals surface area contributed by atoms with E-state index in [9.17, 15) is 24.0 Å². The zero-order valence-electron chi connectivity index (χ0n) is 24.9. The highest BCUT2D eigenvalue weighted by atomic mass is 16.5. The fourth-order valence-corrected chi connectivity index (χ4v) is 5.46. The van der Waals surface area contributed by atoms with Crippen molar-refractivity contribution in [2.75, 3.05) is 26.7 Å². The van der Waals surface area contributed by atoms with E-state index in [0.29, 0.717) is 38.5 Å². The number of Topliss-reactive ketones (excluding diaryl/α,β-unsaturated/α-hetero) is 1. The Hall–Kier alpha value is -3.31. The zero-order chi connectivity index (χ0) is 30.1. The van der Waals surface area contributed by atoms with E-state index in [0.717, 1.165) is 18.4 Å². The summed E-state index contributed by atoms with van der Waals surface area (Å²) in [7, 11) is 1.90. The Morgan fingerprint density at radius 3 is 2.20 bits per heavy atom. The monoisotopic (exact) mass is 571 g/mol. The molecule has 11 heteroatoms. The first-order valence-corrected chi connectivity index (χ1v) is 14.6. The van der Waals surface area contributed by atoms with E-state index in [1.54, 1.807) is 37.5 Å². The van der Waals surface area contributed by atoms with E-state index in [4.69, 9.17) is 4.74 Å². The normalized spacial score (nSPS) is 19.6. The molecule has 0 radical (unpaired) electrons. The van der Waals surface area contributed by atoms with Gasteiger partial charge in [0.05, 0.1) is 18.2 Å². The van der Waals surface area contributed by atoms with E-state index in [1.807, 2.05) is 37.4 Å². The van der Waals surface area contributed by atoms with Gasteiger partial charge in [-0.05, 0) is 71.0 Å². The van der Waals surface area contributed by atoms with Crippen LogP contribution in [-0.2, 0) is 30.3 Å². The summed E-state index contributed by atoms with van der Waals surface area (Å²) in [6, 6.07) is 6.69. The standard InChI is InChI=1S/C30H45N5O6/c1-19(2)25(32-30(40)34-16-13-22(31-5)14-17-34)28(38)33-27(37)23-12-9-15-35(23)24(18-21-10-7-6-8-11-21)26(36)29(39)41-20(3)4/h6-8,10-11,19-20,22-25,31H,9,12-18H2,1-5H3,(H,32,40)(H,33,37,38)/t23-,24-,25-/m0/s1. The molecule has 0 unspecified atom stereocenters. The molecule has 3 atom stereocenters. The molecule has 3 rings (SSSR count). The van der Waals surface area contributed by atoms with Crippen LogP contribution in [0.5, 0.6) is 0 Å². The molecule has 226 valence electrons. The summed E-state index contributed by atoms with van der Waals surface area (Å²) in [5.74, 6) is -3.07. The van der Waals surface area contributed by atoms with Gasteiger partial charge in [-0.3, -0.25) is 24.6 Å². The highest BCUT2D eigenvalue weighted by Crippen LogP contribution is 2.24. The number of nitrogens with zero attached hydrogens (tertiary/aromatic N) is 2. The number of likely N-dealkylation sites (tertiary alicyclic amines) is 2. The van der Waals surface area contributed by atoms with Gasteiger partial charge in [-0.1, -0.05) is 44.2 Å². The summed E-state index contributed by atoms with van der Waals surface area (Å²) >= 11 is 0. The molecule has 4 amide bonds. The fraction of sp³-hybridized carbons (Fsp3) is 0.633. The van der Waals surface area contributed by atoms with Gasteiger partial charge in [0, 0.05) is 19.1 Å². The number of nitrogens with one attached hydrogen (secondary N) is 3. The number of piperidine rings is 1. The SMILES string of the molecule is CNC1CCN(C(=O)N[C@H](C(=O)NC(=O)[C@@H]2CCCN2[C@@H](Cc2ccccc2)C(=O)C(=O)OC(C)C)C(C)C)CC1. The van der Waals surface area contributed by atoms with Crippen molar-refractivity contribution in [2.24, 2.45) is 5.92 Å². The number of esters is 1. The first kappa shape index (κ1) is 32.2. The molecule has 11 nitrogen and oxygen atoms in total. The van der Waals surface area contributed by atoms with Crippen LogP contribution in [0.15, 0.2) is 30.3 Å². The van der Waals surface area contributed by atoms with Gasteiger partial charge in [-0.15, -0.1) is 0 Å². The summed E-state index contributed by atoms with van der Waals surface area (Å²) in [5.41, 5.74) is 0.840. The molecule has 0 saturated carbocycles. The van der Waals surface area contributed by atoms with Crippen LogP contribution >= 0.6 is 0 Å². The third-order valence-corrected chi connectivity index (χ3v) is 7.78. The Morgan fingerprint density at radius 2 is 1.61 bits per heavy atom. The number of imide groups is 1. The summed E-state index contributed by atoms with van der Waals surface area (Å²) in [4.78, 5) is 69.0. The predicted octanol–water partition coefficient (Wildman–Crippen LogP) is 1.64. The van der Waals surface area contributed by atoms with Gasteiger partial charge in [0.1, 0.15) is 6.04 Å². The number of urea groups is 1. The van der Waals surface area contributed by atoms with Gasteiger partial charge in [0.15, 0.2) is 0 Å². The molecule has 1 aromatic carbocycles. The minimum atomic E-state index is -0.940. The number of amides is 4. The van der Waals surface area contributed by atoms with Crippen LogP contribution in [0.1, 0.15) is 58.9 Å². The maximum Gasteiger partial charge on any atom is 0.376 e. The average molecular weight is 572 g/mol. The molecular weight excluding hydrogens is 526 g/mol. The van der Waals surface area contributed by atoms with Crippen LogP contribution in [0.2, 0.25) is 0 Å². The lowest BCUT2D eigenvalue weighted by Gasteiger charge is -2.34. The molecular formula is C30H45N5O6. The Bertz CT molecular complexity index is 1070. The summed E-state index contributed by atoms with van der Waals surface area (Å²) in [6.07, 6.45) is 2.46. The number of rotatable bonds is 11. The molecule has 0 aliphatic carbocycles. The number of benzene rings is 1. The van der Waals surface area contributed by atoms with Gasteiger partial charge in [0.2, 0.25) is 11.8 Å². The third kappa shape index (κ3) is 8.84. The number of hydrogen-bond acceptors (Lipinski definition) is 8. The summed E-state index contributed by atoms with van der Waals surface area (Å²) < 4.78 is 5.19. The molecule has 1 aromatic rings. The van der Waals surface area contributed by atoms with Gasteiger partial charge in [-0.2, -0.15) is 0 Å². The van der Waals surface area contributed by atoms with E-state index in [-0.39, 0.29) is 18.4 Å². The first-order chi connectivity index (χ1) is 19.5. The van der Waals surface area contributed by atoms with Crippen LogP contribution in [0.4, 0.5) is 4.79 Å². The third-order valence-electron chi connectivity index (χ3n) is 7.78. The fourth-order valence-electron chi connectivity index (χ4n) is 5.46. The quantitative estimate of drug-likeness (QED) is 0.269. The van der Waals surface area contributed by atoms with Crippen molar-refractivity contribution in [1.29, 1.82) is 0 Å². The van der Waals surface area contributed by atoms with Crippen molar-refractivity contribution in [3.05, 3.63) is 35.9 Å². The minimum absolute atomic E-state index is 0.222. The van der Waals surface area contributed by atoms with E-state index < -0.39 is 47.8 Å². The summed E-state index contributed by atoms with van der Waals surface area (Å²) in [6.45, 7) is 8.52. The zero-order valence-corrected chi connectivity index (χ0v) is 24.9. The minimum Gasteiger partial charge on any atom is -0.457 e. The second-order valence-electron chi connectivity index (χ2n) is 11.5. The highest BCUT2D eigenvalue weighted by molar-refractivity contribution is 6.35. The smallest absolute Gasteiger partial charge is 0.376 e. The number of ether oxygens (including phenoxy) is 1. The Morgan fingerprint density at radius 1 is 0.951 bits per heavy atom. The number of hydrogen-bond donors (Lipinski definition) is 3. The topological polar surface area (TPSA) is 137 Å². The van der Waals surface area contributed by atoms with Crippen molar-refractivity contribution in [3.63, 3.8) is 0 Å². The van der Waals surface area contributed by atoms with Gasteiger partial charge in [-0.25, -0.2) is 9.59 Å². The van der Waals surface area contributed by atoms with E-state index in [1.165, 1.54) is 0 Å². The van der Waals surface area contributed by atoms with Crippen LogP contribution in [0, 0.1) is 5.92 Å². The molecule has 2 saturated heterocycles. The summed E-state index contributed by atoms with van der Waals surface area (Å²) in [5, 5.41) is 8.52. The maximum absolute atomic E-state index is 13.4. The molecule has 2 fully saturated rings. The largest absolute Gasteiger partial charge is 0.457 e. The second-order valence-corrected chi connectivity index (χ2v) is 11.5. The number of carbonyl (C=O) groups is 5. The van der Waals surface area contributed by atoms with Crippen LogP contribution in [0.25, 0.3) is 0 Å². The maximum atomic E-state index is 13.4. The van der Waals surface area contributed by atoms with Crippen molar-refractivity contribution in [1.82, 2.24) is 25.8 Å². The van der Waals surface area contributed by atoms with Crippen LogP contribution < -0.4 is 16.0 Å². The molecule has 0 spiro atoms. The molecule has 2 heterocycles. The molecule has 0 bridgehead atoms. The Labute approximate surface area is 242 Å². The lowest BCUT2D eigenvalue weighted by molar-refractivity contribution is -0.159. The van der Waals surface area contributed by atoms with Gasteiger partial charge >= 0.3 is 12.0 Å². The highest BCUT2D eigenvalue weighted by Gasteiger charge is 2.42. The van der Waals surface area contributed by atoms with Gasteiger partial charge < -0.3 is 20.3 Å². The van der Waals surface area contributed by atoms with Crippen molar-refractivity contribution >= 4 is 29.6 Å². The lowest BCUT2D eigenvalue weighted by atomic mass is 9.99. The van der Waals surface area contributed by atoms with Crippen molar-refractivity contribution in [2.45, 2.75) is 90.1 Å². The molecule has 41 heavy (non-hydrogen) atoms. The van der Waals surface area contributed by atoms with E-state index in [2.05, 4.69) is 16.0 Å². The molecule has 2 aliphatic rings. The van der Waals surface area contributed by atoms with Crippen molar-refractivity contribution in [3.8, 4) is 0 Å². The first-order valence-electron chi connectivity index (χ1n) is 14.6. The number of ketones is 1. The predicted molar refractivity (Wildman–Crippen MR) is 154 cm³/mol. The van der Waals surface area contributed by atoms with Crippen LogP contribution in [0.3, 0.4) is 0 Å². The average Bonchev–Trinajstić information content (AvgIpc) is 3.44. The van der Waals surface area contributed by atoms with E-state index >= 15 is 0 Å². The molecule has 0 aromatic heterocycles. The Kier molecular flexibility index (Phi) is 11.8. The van der Waals surface area contributed by atoms with Crippen LogP contribution in [-0.4, -0.2) is 96.4 Å². The number of carbonyl (C=O) groups excluding carboxylic acids is 5. The second kappa shape index (κ2) is 15.1. The Balaban J connectivity index is 1.71. The molecule has 3 N–H and O–H groups in total. The van der Waals surface area contributed by atoms with Gasteiger partial charge in [0.25, 0.3) is 5.78 Å².